The number of rotatable bonds is 3. The molecule has 5 rings (SSSR count). The number of allylic oxidation sites excluding steroid dienone is 1. The molecule has 0 aromatic carbocycles. The molecule has 3 aliphatic rings. The third-order valence-electron chi connectivity index (χ3n) is 5.99. The second kappa shape index (κ2) is 5.28. The van der Waals surface area contributed by atoms with Crippen LogP contribution in [-0.4, -0.2) is 27.5 Å². The third-order valence-corrected chi connectivity index (χ3v) is 5.99. The molecule has 7 heteroatoms. The van der Waals surface area contributed by atoms with Gasteiger partial charge in [-0.25, -0.2) is 9.48 Å². The van der Waals surface area contributed by atoms with E-state index in [0.29, 0.717) is 17.1 Å². The van der Waals surface area contributed by atoms with Crippen molar-refractivity contribution in [2.24, 2.45) is 24.3 Å². The van der Waals surface area contributed by atoms with Crippen LogP contribution in [0.4, 0.5) is 0 Å². The van der Waals surface area contributed by atoms with Gasteiger partial charge in [-0.1, -0.05) is 25.1 Å². The van der Waals surface area contributed by atoms with Crippen molar-refractivity contribution in [3.05, 3.63) is 33.5 Å². The average molecular weight is 343 g/mol. The van der Waals surface area contributed by atoms with Crippen molar-refractivity contribution in [2.45, 2.75) is 33.6 Å². The number of hydrogen-bond donors (Lipinski definition) is 0. The normalized spacial score (nSPS) is 23.9. The molecule has 2 aromatic heterocycles. The summed E-state index contributed by atoms with van der Waals surface area (Å²) in [6.07, 6.45) is 4.42. The predicted molar refractivity (Wildman–Crippen MR) is 90.1 cm³/mol. The minimum Gasteiger partial charge on any atom is -0.456 e. The summed E-state index contributed by atoms with van der Waals surface area (Å²) >= 11 is 0. The van der Waals surface area contributed by atoms with Crippen LogP contribution in [0.3, 0.4) is 0 Å². The first-order valence-electron chi connectivity index (χ1n) is 8.50. The SMILES string of the molecule is Cc1onc2c(=O)n(C)nc(C(=O)OCC3=CCC4CC3C4(C)C)c12. The van der Waals surface area contributed by atoms with Crippen LogP contribution >= 0.6 is 0 Å². The van der Waals surface area contributed by atoms with Gasteiger partial charge in [0.25, 0.3) is 5.56 Å². The average Bonchev–Trinajstić information content (AvgIpc) is 2.98. The van der Waals surface area contributed by atoms with Crippen molar-refractivity contribution in [1.82, 2.24) is 14.9 Å². The first-order valence-corrected chi connectivity index (χ1v) is 8.50. The summed E-state index contributed by atoms with van der Waals surface area (Å²) in [6, 6.07) is 0. The van der Waals surface area contributed by atoms with Gasteiger partial charge in [0, 0.05) is 7.05 Å². The number of aryl methyl sites for hydroxylation is 2. The Hall–Kier alpha value is -2.44. The van der Waals surface area contributed by atoms with E-state index < -0.39 is 11.5 Å². The zero-order chi connectivity index (χ0) is 17.9. The Morgan fingerprint density at radius 3 is 2.92 bits per heavy atom. The lowest BCUT2D eigenvalue weighted by molar-refractivity contribution is -0.0156. The van der Waals surface area contributed by atoms with E-state index in [2.05, 4.69) is 30.2 Å². The largest absolute Gasteiger partial charge is 0.456 e. The third kappa shape index (κ3) is 2.25. The topological polar surface area (TPSA) is 87.2 Å². The van der Waals surface area contributed by atoms with Gasteiger partial charge < -0.3 is 9.26 Å². The molecule has 0 spiro atoms. The molecule has 0 amide bonds. The molecule has 0 saturated heterocycles. The number of aromatic nitrogens is 3. The lowest BCUT2D eigenvalue weighted by Gasteiger charge is -2.56. The van der Waals surface area contributed by atoms with Crippen molar-refractivity contribution in [2.75, 3.05) is 6.61 Å². The Bertz CT molecular complexity index is 967. The molecule has 3 aliphatic carbocycles. The van der Waals surface area contributed by atoms with E-state index in [1.807, 2.05) is 0 Å². The van der Waals surface area contributed by atoms with Gasteiger partial charge >= 0.3 is 5.97 Å². The monoisotopic (exact) mass is 343 g/mol. The fourth-order valence-electron chi connectivity index (χ4n) is 4.20. The molecule has 0 N–H and O–H groups in total. The maximum atomic E-state index is 12.6. The molecule has 7 nitrogen and oxygen atoms in total. The van der Waals surface area contributed by atoms with Crippen LogP contribution in [0, 0.1) is 24.2 Å². The summed E-state index contributed by atoms with van der Waals surface area (Å²) in [5.41, 5.74) is 1.23. The molecular weight excluding hydrogens is 322 g/mol. The van der Waals surface area contributed by atoms with Crippen molar-refractivity contribution < 1.29 is 14.1 Å². The molecule has 25 heavy (non-hydrogen) atoms. The highest BCUT2D eigenvalue weighted by atomic mass is 16.5. The molecule has 1 fully saturated rings. The summed E-state index contributed by atoms with van der Waals surface area (Å²) in [5.74, 6) is 1.03. The minimum absolute atomic E-state index is 0.0676. The van der Waals surface area contributed by atoms with Gasteiger partial charge in [0.2, 0.25) is 0 Å². The van der Waals surface area contributed by atoms with Crippen molar-refractivity contribution in [3.8, 4) is 0 Å². The van der Waals surface area contributed by atoms with Crippen LogP contribution in [0.1, 0.15) is 42.9 Å². The molecule has 132 valence electrons. The Balaban J connectivity index is 1.59. The number of carbonyl (C=O) groups is 1. The molecular formula is C18H21N3O4. The highest BCUT2D eigenvalue weighted by molar-refractivity contribution is 6.01. The quantitative estimate of drug-likeness (QED) is 0.628. The van der Waals surface area contributed by atoms with E-state index in [-0.39, 0.29) is 23.2 Å². The van der Waals surface area contributed by atoms with Gasteiger partial charge in [-0.15, -0.1) is 0 Å². The fourth-order valence-corrected chi connectivity index (χ4v) is 4.20. The summed E-state index contributed by atoms with van der Waals surface area (Å²) in [6.45, 7) is 6.46. The smallest absolute Gasteiger partial charge is 0.359 e. The predicted octanol–water partition coefficient (Wildman–Crippen LogP) is 2.38. The number of ether oxygens (including phenoxy) is 1. The van der Waals surface area contributed by atoms with Gasteiger partial charge in [0.1, 0.15) is 12.4 Å². The Morgan fingerprint density at radius 2 is 2.24 bits per heavy atom. The summed E-state index contributed by atoms with van der Waals surface area (Å²) in [4.78, 5) is 24.7. The first-order chi connectivity index (χ1) is 11.8. The zero-order valence-electron chi connectivity index (χ0n) is 14.8. The van der Waals surface area contributed by atoms with Gasteiger partial charge in [-0.05, 0) is 42.6 Å². The zero-order valence-corrected chi connectivity index (χ0v) is 14.8. The fraction of sp³-hybridized carbons (Fsp3) is 0.556. The summed E-state index contributed by atoms with van der Waals surface area (Å²) < 4.78 is 11.7. The standard InChI is InChI=1S/C18H21N3O4/c1-9-13-14(20-25-9)16(22)21(4)19-15(13)17(23)24-8-10-5-6-11-7-12(10)18(11,2)3/h5,11-12H,6-8H2,1-4H3. The van der Waals surface area contributed by atoms with E-state index in [4.69, 9.17) is 9.26 Å². The van der Waals surface area contributed by atoms with E-state index >= 15 is 0 Å². The van der Waals surface area contributed by atoms with E-state index in [0.717, 1.165) is 17.0 Å². The Kier molecular flexibility index (Phi) is 3.39. The Morgan fingerprint density at radius 1 is 1.48 bits per heavy atom. The lowest BCUT2D eigenvalue weighted by atomic mass is 9.49. The van der Waals surface area contributed by atoms with Crippen LogP contribution in [0.2, 0.25) is 0 Å². The molecule has 2 atom stereocenters. The maximum absolute atomic E-state index is 12.6. The van der Waals surface area contributed by atoms with Crippen molar-refractivity contribution in [1.29, 1.82) is 0 Å². The van der Waals surface area contributed by atoms with Gasteiger partial charge in [0.05, 0.1) is 5.39 Å². The molecule has 0 radical (unpaired) electrons. The lowest BCUT2D eigenvalue weighted by Crippen LogP contribution is -2.48. The van der Waals surface area contributed by atoms with E-state index in [9.17, 15) is 9.59 Å². The highest BCUT2D eigenvalue weighted by Gasteiger charge is 2.51. The Labute approximate surface area is 144 Å². The van der Waals surface area contributed by atoms with Gasteiger partial charge in [-0.3, -0.25) is 4.79 Å². The first kappa shape index (κ1) is 16.1. The van der Waals surface area contributed by atoms with Crippen LogP contribution in [0.25, 0.3) is 10.9 Å². The number of carbonyl (C=O) groups excluding carboxylic acids is 1. The molecule has 2 heterocycles. The highest BCUT2D eigenvalue weighted by Crippen LogP contribution is 2.59. The van der Waals surface area contributed by atoms with Crippen molar-refractivity contribution >= 4 is 16.9 Å². The van der Waals surface area contributed by atoms with Crippen LogP contribution < -0.4 is 5.56 Å². The molecule has 2 bridgehead atoms. The number of fused-ring (bicyclic) bond motifs is 2. The molecule has 0 aliphatic heterocycles. The van der Waals surface area contributed by atoms with Gasteiger partial charge in [0.15, 0.2) is 11.2 Å². The molecule has 2 unspecified atom stereocenters. The van der Waals surface area contributed by atoms with Crippen LogP contribution in [-0.2, 0) is 11.8 Å². The second-order valence-corrected chi connectivity index (χ2v) is 7.64. The second-order valence-electron chi connectivity index (χ2n) is 7.64. The van der Waals surface area contributed by atoms with Crippen LogP contribution in [0.15, 0.2) is 21.0 Å². The number of esters is 1. The van der Waals surface area contributed by atoms with E-state index in [1.165, 1.54) is 19.0 Å². The van der Waals surface area contributed by atoms with E-state index in [1.54, 1.807) is 6.92 Å². The summed E-state index contributed by atoms with van der Waals surface area (Å²) in [7, 11) is 1.48. The summed E-state index contributed by atoms with van der Waals surface area (Å²) in [5, 5.41) is 8.14. The maximum Gasteiger partial charge on any atom is 0.359 e. The van der Waals surface area contributed by atoms with Crippen LogP contribution in [0.5, 0.6) is 0 Å². The van der Waals surface area contributed by atoms with Crippen molar-refractivity contribution in [3.63, 3.8) is 0 Å². The number of hydrogen-bond acceptors (Lipinski definition) is 6. The molecule has 1 saturated carbocycles. The minimum atomic E-state index is -0.563. The van der Waals surface area contributed by atoms with Gasteiger partial charge in [-0.2, -0.15) is 5.10 Å². The number of nitrogens with zero attached hydrogens (tertiary/aromatic N) is 3. The molecule has 2 aromatic rings.